The van der Waals surface area contributed by atoms with Gasteiger partial charge in [0, 0.05) is 34.8 Å². The summed E-state index contributed by atoms with van der Waals surface area (Å²) in [5.41, 5.74) is 6.80. The lowest BCUT2D eigenvalue weighted by atomic mass is 9.98. The van der Waals surface area contributed by atoms with E-state index in [2.05, 4.69) is 33.0 Å². The Hall–Kier alpha value is -3.32. The van der Waals surface area contributed by atoms with Crippen molar-refractivity contribution < 1.29 is 14.3 Å². The summed E-state index contributed by atoms with van der Waals surface area (Å²) in [6, 6.07) is 13.2. The van der Waals surface area contributed by atoms with Gasteiger partial charge in [0.25, 0.3) is 5.91 Å². The predicted octanol–water partition coefficient (Wildman–Crippen LogP) is 2.35. The molecule has 0 fully saturated rings. The molecule has 28 heavy (non-hydrogen) atoms. The smallest absolute Gasteiger partial charge is 0.257 e. The van der Waals surface area contributed by atoms with Gasteiger partial charge in [-0.2, -0.15) is 5.10 Å². The molecule has 0 radical (unpaired) electrons. The third-order valence-electron chi connectivity index (χ3n) is 4.97. The Morgan fingerprint density at radius 3 is 2.89 bits per heavy atom. The van der Waals surface area contributed by atoms with E-state index in [-0.39, 0.29) is 11.9 Å². The summed E-state index contributed by atoms with van der Waals surface area (Å²) in [5.74, 6) is 1.15. The maximum absolute atomic E-state index is 12.6. The molecule has 1 aromatic heterocycles. The number of ether oxygens (including phenoxy) is 2. The average molecular weight is 378 g/mol. The van der Waals surface area contributed by atoms with E-state index in [1.165, 1.54) is 10.9 Å². The zero-order chi connectivity index (χ0) is 19.5. The summed E-state index contributed by atoms with van der Waals surface area (Å²) < 4.78 is 10.5. The minimum absolute atomic E-state index is 0.167. The molecule has 7 heteroatoms. The number of methoxy groups -OCH3 is 2. The molecule has 2 heterocycles. The maximum atomic E-state index is 12.6. The highest BCUT2D eigenvalue weighted by molar-refractivity contribution is 5.89. The average Bonchev–Trinajstić information content (AvgIpc) is 3.11. The number of carbonyl (C=O) groups is 1. The topological polar surface area (TPSA) is 87.7 Å². The quantitative estimate of drug-likeness (QED) is 0.470. The lowest BCUT2D eigenvalue weighted by Gasteiger charge is -2.22. The molecule has 0 aliphatic carbocycles. The van der Waals surface area contributed by atoms with Crippen LogP contribution >= 0.6 is 0 Å². The van der Waals surface area contributed by atoms with Crippen LogP contribution in [0.3, 0.4) is 0 Å². The van der Waals surface area contributed by atoms with E-state index in [4.69, 9.17) is 9.47 Å². The zero-order valence-corrected chi connectivity index (χ0v) is 15.8. The van der Waals surface area contributed by atoms with Crippen molar-refractivity contribution >= 4 is 23.0 Å². The second-order valence-electron chi connectivity index (χ2n) is 6.61. The number of aromatic amines is 1. The lowest BCUT2D eigenvalue weighted by Crippen LogP contribution is -2.46. The van der Waals surface area contributed by atoms with Gasteiger partial charge in [-0.15, -0.1) is 0 Å². The first kappa shape index (κ1) is 18.1. The van der Waals surface area contributed by atoms with E-state index >= 15 is 0 Å². The Kier molecular flexibility index (Phi) is 4.99. The molecule has 3 N–H and O–H groups in total. The number of nitrogens with zero attached hydrogens (tertiary/aromatic N) is 1. The van der Waals surface area contributed by atoms with Crippen molar-refractivity contribution in [2.75, 3.05) is 14.2 Å². The van der Waals surface area contributed by atoms with Crippen LogP contribution in [0.2, 0.25) is 0 Å². The Balaban J connectivity index is 1.44. The fraction of sp³-hybridized carbons (Fsp3) is 0.238. The zero-order valence-electron chi connectivity index (χ0n) is 15.8. The van der Waals surface area contributed by atoms with Crippen molar-refractivity contribution in [2.45, 2.75) is 19.0 Å². The van der Waals surface area contributed by atoms with Crippen molar-refractivity contribution in [3.8, 4) is 11.5 Å². The monoisotopic (exact) mass is 378 g/mol. The van der Waals surface area contributed by atoms with Crippen LogP contribution in [-0.4, -0.2) is 37.4 Å². The Labute approximate surface area is 162 Å². The van der Waals surface area contributed by atoms with Crippen LogP contribution in [0.1, 0.15) is 16.8 Å². The summed E-state index contributed by atoms with van der Waals surface area (Å²) in [4.78, 5) is 16.0. The van der Waals surface area contributed by atoms with Crippen molar-refractivity contribution in [3.05, 3.63) is 59.3 Å². The van der Waals surface area contributed by atoms with Crippen molar-refractivity contribution in [3.63, 3.8) is 0 Å². The number of aromatic nitrogens is 1. The molecule has 0 saturated heterocycles. The van der Waals surface area contributed by atoms with Crippen LogP contribution in [-0.2, 0) is 17.8 Å². The number of amides is 1. The molecule has 144 valence electrons. The molecular formula is C21H22N4O3. The number of hydrazone groups is 1. The van der Waals surface area contributed by atoms with Gasteiger partial charge in [-0.1, -0.05) is 18.2 Å². The maximum Gasteiger partial charge on any atom is 0.257 e. The minimum Gasteiger partial charge on any atom is -0.497 e. The number of benzene rings is 2. The predicted molar refractivity (Wildman–Crippen MR) is 108 cm³/mol. The van der Waals surface area contributed by atoms with E-state index in [1.807, 2.05) is 24.3 Å². The fourth-order valence-electron chi connectivity index (χ4n) is 3.50. The summed E-state index contributed by atoms with van der Waals surface area (Å²) >= 11 is 0. The van der Waals surface area contributed by atoms with Crippen LogP contribution in [0.4, 0.5) is 0 Å². The number of hydrogen-bond donors (Lipinski definition) is 3. The largest absolute Gasteiger partial charge is 0.497 e. The van der Waals surface area contributed by atoms with Gasteiger partial charge in [0.1, 0.15) is 11.5 Å². The molecule has 1 aliphatic heterocycles. The molecular weight excluding hydrogens is 356 g/mol. The van der Waals surface area contributed by atoms with Crippen LogP contribution < -0.4 is 20.2 Å². The van der Waals surface area contributed by atoms with Crippen LogP contribution in [0.25, 0.3) is 10.9 Å². The normalized spacial score (nSPS) is 16.1. The van der Waals surface area contributed by atoms with Crippen molar-refractivity contribution in [1.29, 1.82) is 0 Å². The summed E-state index contributed by atoms with van der Waals surface area (Å²) in [6.07, 6.45) is 2.18. The molecule has 4 rings (SSSR count). The van der Waals surface area contributed by atoms with E-state index in [0.717, 1.165) is 16.8 Å². The summed E-state index contributed by atoms with van der Waals surface area (Å²) in [7, 11) is 3.18. The highest BCUT2D eigenvalue weighted by Gasteiger charge is 2.26. The second-order valence-corrected chi connectivity index (χ2v) is 6.61. The first-order valence-corrected chi connectivity index (χ1v) is 9.06. The van der Waals surface area contributed by atoms with Gasteiger partial charge in [-0.25, -0.2) is 5.43 Å². The van der Waals surface area contributed by atoms with Gasteiger partial charge in [-0.3, -0.25) is 10.1 Å². The van der Waals surface area contributed by atoms with Gasteiger partial charge < -0.3 is 14.5 Å². The van der Waals surface area contributed by atoms with Crippen LogP contribution in [0, 0.1) is 0 Å². The molecule has 1 amide bonds. The van der Waals surface area contributed by atoms with Gasteiger partial charge in [-0.05, 0) is 30.2 Å². The summed E-state index contributed by atoms with van der Waals surface area (Å²) in [5, 5.41) is 8.53. The fourth-order valence-corrected chi connectivity index (χ4v) is 3.50. The molecule has 0 unspecified atom stereocenters. The molecule has 0 spiro atoms. The SMILES string of the molecule is COc1ccc(/C=N/NC(=O)[C@@H]2Cc3c([nH]c4ccccc34)CN2)c(OC)c1. The molecule has 0 bridgehead atoms. The number of fused-ring (bicyclic) bond motifs is 3. The first-order chi connectivity index (χ1) is 13.7. The molecule has 3 aromatic rings. The highest BCUT2D eigenvalue weighted by Crippen LogP contribution is 2.26. The molecule has 7 nitrogen and oxygen atoms in total. The third kappa shape index (κ3) is 3.44. The van der Waals surface area contributed by atoms with Gasteiger partial charge >= 0.3 is 0 Å². The van der Waals surface area contributed by atoms with Gasteiger partial charge in [0.05, 0.1) is 26.5 Å². The van der Waals surface area contributed by atoms with E-state index in [1.54, 1.807) is 26.5 Å². The van der Waals surface area contributed by atoms with E-state index in [0.29, 0.717) is 24.5 Å². The second kappa shape index (κ2) is 7.74. The van der Waals surface area contributed by atoms with Crippen LogP contribution in [0.15, 0.2) is 47.6 Å². The molecule has 1 atom stereocenters. The minimum atomic E-state index is -0.332. The lowest BCUT2D eigenvalue weighted by molar-refractivity contribution is -0.123. The highest BCUT2D eigenvalue weighted by atomic mass is 16.5. The van der Waals surface area contributed by atoms with Gasteiger partial charge in [0.15, 0.2) is 0 Å². The van der Waals surface area contributed by atoms with E-state index in [9.17, 15) is 4.79 Å². The number of carbonyl (C=O) groups excluding carboxylic acids is 1. The Morgan fingerprint density at radius 2 is 2.07 bits per heavy atom. The summed E-state index contributed by atoms with van der Waals surface area (Å²) in [6.45, 7) is 0.623. The van der Waals surface area contributed by atoms with Gasteiger partial charge in [0.2, 0.25) is 0 Å². The van der Waals surface area contributed by atoms with Crippen molar-refractivity contribution in [1.82, 2.24) is 15.7 Å². The standard InChI is InChI=1S/C21H22N4O3/c1-27-14-8-7-13(20(9-14)28-2)11-23-25-21(26)18-10-16-15-5-3-4-6-17(15)24-19(16)12-22-18/h3-9,11,18,22,24H,10,12H2,1-2H3,(H,25,26)/b23-11+/t18-/m0/s1. The molecule has 0 saturated carbocycles. The third-order valence-corrected chi connectivity index (χ3v) is 4.97. The number of rotatable bonds is 5. The molecule has 2 aromatic carbocycles. The Morgan fingerprint density at radius 1 is 1.21 bits per heavy atom. The van der Waals surface area contributed by atoms with Crippen molar-refractivity contribution in [2.24, 2.45) is 5.10 Å². The number of para-hydroxylation sites is 1. The number of hydrogen-bond acceptors (Lipinski definition) is 5. The van der Waals surface area contributed by atoms with Crippen LogP contribution in [0.5, 0.6) is 11.5 Å². The number of nitrogens with one attached hydrogen (secondary N) is 3. The first-order valence-electron chi connectivity index (χ1n) is 9.06. The number of H-pyrrole nitrogens is 1. The van der Waals surface area contributed by atoms with E-state index < -0.39 is 0 Å². The molecule has 1 aliphatic rings. The Bertz CT molecular complexity index is 1040.